The van der Waals surface area contributed by atoms with Gasteiger partial charge in [-0.25, -0.2) is 4.98 Å². The van der Waals surface area contributed by atoms with Gasteiger partial charge >= 0.3 is 0 Å². The van der Waals surface area contributed by atoms with Crippen LogP contribution in [0.4, 0.5) is 5.95 Å². The zero-order valence-electron chi connectivity index (χ0n) is 12.0. The Balaban J connectivity index is 2.22. The zero-order valence-corrected chi connectivity index (χ0v) is 12.0. The van der Waals surface area contributed by atoms with E-state index in [1.807, 2.05) is 6.20 Å². The summed E-state index contributed by atoms with van der Waals surface area (Å²) in [4.78, 5) is 4.43. The summed E-state index contributed by atoms with van der Waals surface area (Å²) in [5.41, 5.74) is 1.33. The summed E-state index contributed by atoms with van der Waals surface area (Å²) in [6.07, 6.45) is 4.98. The maximum Gasteiger partial charge on any atom is 0.203 e. The fraction of sp³-hybridized carbons (Fsp3) is 0.438. The molecule has 0 radical (unpaired) electrons. The van der Waals surface area contributed by atoms with Crippen molar-refractivity contribution in [3.63, 3.8) is 0 Å². The van der Waals surface area contributed by atoms with Crippen molar-refractivity contribution in [2.75, 3.05) is 11.9 Å². The van der Waals surface area contributed by atoms with E-state index < -0.39 is 0 Å². The van der Waals surface area contributed by atoms with E-state index >= 15 is 0 Å². The summed E-state index contributed by atoms with van der Waals surface area (Å²) >= 11 is 0. The summed E-state index contributed by atoms with van der Waals surface area (Å²) < 4.78 is 2.23. The molecule has 0 saturated heterocycles. The minimum Gasteiger partial charge on any atom is -0.355 e. The summed E-state index contributed by atoms with van der Waals surface area (Å²) in [5, 5.41) is 3.43. The van der Waals surface area contributed by atoms with E-state index in [0.29, 0.717) is 12.0 Å². The fourth-order valence-corrected chi connectivity index (χ4v) is 2.27. The van der Waals surface area contributed by atoms with Gasteiger partial charge < -0.3 is 9.88 Å². The molecule has 0 fully saturated rings. The van der Waals surface area contributed by atoms with Gasteiger partial charge in [0.15, 0.2) is 0 Å². The lowest BCUT2D eigenvalue weighted by Gasteiger charge is -2.20. The SMILES string of the molecule is CCC(c1ccccc1)n1ccnc1NCC(C)C. The molecule has 0 bridgehead atoms. The molecule has 0 amide bonds. The van der Waals surface area contributed by atoms with Gasteiger partial charge in [0.25, 0.3) is 0 Å². The topological polar surface area (TPSA) is 29.9 Å². The average molecular weight is 257 g/mol. The van der Waals surface area contributed by atoms with Crippen LogP contribution in [0.3, 0.4) is 0 Å². The third kappa shape index (κ3) is 3.37. The summed E-state index contributed by atoms with van der Waals surface area (Å²) in [7, 11) is 0. The number of aromatic nitrogens is 2. The molecule has 2 rings (SSSR count). The van der Waals surface area contributed by atoms with Crippen LogP contribution in [0.1, 0.15) is 38.8 Å². The quantitative estimate of drug-likeness (QED) is 0.849. The molecule has 3 nitrogen and oxygen atoms in total. The molecule has 2 aromatic rings. The highest BCUT2D eigenvalue weighted by atomic mass is 15.2. The van der Waals surface area contributed by atoms with Crippen molar-refractivity contribution in [2.45, 2.75) is 33.2 Å². The molecule has 102 valence electrons. The van der Waals surface area contributed by atoms with E-state index in [1.54, 1.807) is 0 Å². The number of anilines is 1. The molecule has 0 aliphatic rings. The minimum atomic E-state index is 0.346. The molecule has 1 atom stereocenters. The van der Waals surface area contributed by atoms with E-state index in [9.17, 15) is 0 Å². The molecule has 19 heavy (non-hydrogen) atoms. The minimum absolute atomic E-state index is 0.346. The smallest absolute Gasteiger partial charge is 0.203 e. The third-order valence-electron chi connectivity index (χ3n) is 3.24. The predicted octanol–water partition coefficient (Wildman–Crippen LogP) is 3.95. The second kappa shape index (κ2) is 6.41. The van der Waals surface area contributed by atoms with Crippen LogP contribution < -0.4 is 5.32 Å². The van der Waals surface area contributed by atoms with Crippen LogP contribution in [0.15, 0.2) is 42.7 Å². The van der Waals surface area contributed by atoms with Crippen LogP contribution in [-0.4, -0.2) is 16.1 Å². The Bertz CT molecular complexity index is 488. The standard InChI is InChI=1S/C16H23N3/c1-4-15(14-8-6-5-7-9-14)19-11-10-17-16(19)18-12-13(2)3/h5-11,13,15H,4,12H2,1-3H3,(H,17,18). The number of hydrogen-bond donors (Lipinski definition) is 1. The van der Waals surface area contributed by atoms with E-state index in [2.05, 4.69) is 72.2 Å². The molecule has 1 aromatic heterocycles. The van der Waals surface area contributed by atoms with Crippen LogP contribution in [0.2, 0.25) is 0 Å². The van der Waals surface area contributed by atoms with E-state index in [1.165, 1.54) is 5.56 Å². The van der Waals surface area contributed by atoms with Crippen LogP contribution >= 0.6 is 0 Å². The average Bonchev–Trinajstić information content (AvgIpc) is 2.87. The molecular weight excluding hydrogens is 234 g/mol. The molecule has 1 aromatic carbocycles. The lowest BCUT2D eigenvalue weighted by atomic mass is 10.0. The number of nitrogens with zero attached hydrogens (tertiary/aromatic N) is 2. The third-order valence-corrected chi connectivity index (χ3v) is 3.24. The molecule has 0 aliphatic heterocycles. The molecule has 1 heterocycles. The van der Waals surface area contributed by atoms with Gasteiger partial charge in [-0.15, -0.1) is 0 Å². The second-order valence-corrected chi connectivity index (χ2v) is 5.27. The number of hydrogen-bond acceptors (Lipinski definition) is 2. The van der Waals surface area contributed by atoms with E-state index in [-0.39, 0.29) is 0 Å². The Morgan fingerprint density at radius 2 is 1.95 bits per heavy atom. The normalized spacial score (nSPS) is 12.6. The van der Waals surface area contributed by atoms with Crippen LogP contribution in [0, 0.1) is 5.92 Å². The van der Waals surface area contributed by atoms with Gasteiger partial charge in [-0.1, -0.05) is 51.1 Å². The van der Waals surface area contributed by atoms with Gasteiger partial charge in [0.1, 0.15) is 0 Å². The van der Waals surface area contributed by atoms with Crippen molar-refractivity contribution in [1.29, 1.82) is 0 Å². The van der Waals surface area contributed by atoms with Gasteiger partial charge in [-0.05, 0) is 17.9 Å². The summed E-state index contributed by atoms with van der Waals surface area (Å²) in [6, 6.07) is 11.0. The predicted molar refractivity (Wildman–Crippen MR) is 80.4 cm³/mol. The Hall–Kier alpha value is -1.77. The monoisotopic (exact) mass is 257 g/mol. The van der Waals surface area contributed by atoms with Crippen molar-refractivity contribution in [1.82, 2.24) is 9.55 Å². The van der Waals surface area contributed by atoms with Gasteiger partial charge in [-0.2, -0.15) is 0 Å². The molecular formula is C16H23N3. The number of imidazole rings is 1. The van der Waals surface area contributed by atoms with Crippen LogP contribution in [0.5, 0.6) is 0 Å². The van der Waals surface area contributed by atoms with Crippen LogP contribution in [-0.2, 0) is 0 Å². The van der Waals surface area contributed by atoms with E-state index in [0.717, 1.165) is 18.9 Å². The lowest BCUT2D eigenvalue weighted by Crippen LogP contribution is -2.16. The molecule has 1 N–H and O–H groups in total. The molecule has 0 saturated carbocycles. The Kier molecular flexibility index (Phi) is 4.61. The maximum atomic E-state index is 4.43. The maximum absolute atomic E-state index is 4.43. The van der Waals surface area contributed by atoms with E-state index in [4.69, 9.17) is 0 Å². The first kappa shape index (κ1) is 13.7. The highest BCUT2D eigenvalue weighted by Crippen LogP contribution is 2.24. The summed E-state index contributed by atoms with van der Waals surface area (Å²) in [5.74, 6) is 1.58. The zero-order chi connectivity index (χ0) is 13.7. The molecule has 0 spiro atoms. The lowest BCUT2D eigenvalue weighted by molar-refractivity contribution is 0.567. The first-order valence-corrected chi connectivity index (χ1v) is 7.04. The Morgan fingerprint density at radius 1 is 1.21 bits per heavy atom. The molecule has 0 aliphatic carbocycles. The Labute approximate surface area is 115 Å². The van der Waals surface area contributed by atoms with Gasteiger partial charge in [0.05, 0.1) is 6.04 Å². The summed E-state index contributed by atoms with van der Waals surface area (Å²) in [6.45, 7) is 7.57. The van der Waals surface area contributed by atoms with Gasteiger partial charge in [-0.3, -0.25) is 0 Å². The number of rotatable bonds is 6. The first-order chi connectivity index (χ1) is 9.22. The fourth-order valence-electron chi connectivity index (χ4n) is 2.27. The van der Waals surface area contributed by atoms with Crippen molar-refractivity contribution in [2.24, 2.45) is 5.92 Å². The number of nitrogens with one attached hydrogen (secondary N) is 1. The van der Waals surface area contributed by atoms with Crippen LogP contribution in [0.25, 0.3) is 0 Å². The van der Waals surface area contributed by atoms with Gasteiger partial charge in [0, 0.05) is 18.9 Å². The van der Waals surface area contributed by atoms with Crippen molar-refractivity contribution < 1.29 is 0 Å². The van der Waals surface area contributed by atoms with Crippen molar-refractivity contribution in [3.8, 4) is 0 Å². The Morgan fingerprint density at radius 3 is 2.58 bits per heavy atom. The van der Waals surface area contributed by atoms with Crippen molar-refractivity contribution in [3.05, 3.63) is 48.3 Å². The largest absolute Gasteiger partial charge is 0.355 e. The molecule has 3 heteroatoms. The number of benzene rings is 1. The molecule has 1 unspecified atom stereocenters. The first-order valence-electron chi connectivity index (χ1n) is 7.04. The highest BCUT2D eigenvalue weighted by molar-refractivity contribution is 5.30. The second-order valence-electron chi connectivity index (χ2n) is 5.27. The van der Waals surface area contributed by atoms with Crippen molar-refractivity contribution >= 4 is 5.95 Å². The highest BCUT2D eigenvalue weighted by Gasteiger charge is 2.14. The van der Waals surface area contributed by atoms with Gasteiger partial charge in [0.2, 0.25) is 5.95 Å².